The van der Waals surface area contributed by atoms with E-state index >= 15 is 0 Å². The number of halogens is 3. The molecule has 0 saturated carbocycles. The Morgan fingerprint density at radius 2 is 1.91 bits per heavy atom. The normalized spacial score (nSPS) is 17.6. The summed E-state index contributed by atoms with van der Waals surface area (Å²) in [5.74, 6) is -0.562. The summed E-state index contributed by atoms with van der Waals surface area (Å²) < 4.78 is 41.1. The van der Waals surface area contributed by atoms with Gasteiger partial charge in [0.1, 0.15) is 11.9 Å². The fourth-order valence-electron chi connectivity index (χ4n) is 4.46. The average molecular weight is 488 g/mol. The van der Waals surface area contributed by atoms with Crippen LogP contribution in [0.25, 0.3) is 5.65 Å². The van der Waals surface area contributed by atoms with Crippen LogP contribution in [-0.4, -0.2) is 50.4 Å². The van der Waals surface area contributed by atoms with Gasteiger partial charge in [-0.1, -0.05) is 31.5 Å². The first kappa shape index (κ1) is 24.7. The van der Waals surface area contributed by atoms with E-state index < -0.39 is 17.8 Å². The van der Waals surface area contributed by atoms with Crippen LogP contribution < -0.4 is 5.32 Å². The molecule has 3 aromatic rings. The van der Waals surface area contributed by atoms with E-state index in [9.17, 15) is 22.8 Å². The SMILES string of the molecule is Cc1cccc(C(=O)NC(C(=O)N2CCCC(c3nnc4ccc(C(F)(F)F)cn34)C2)C(C)C)c1. The molecule has 2 aromatic heterocycles. The highest BCUT2D eigenvalue weighted by Gasteiger charge is 2.35. The Morgan fingerprint density at radius 1 is 1.14 bits per heavy atom. The lowest BCUT2D eigenvalue weighted by atomic mass is 9.94. The Kier molecular flexibility index (Phi) is 6.82. The minimum atomic E-state index is -4.48. The summed E-state index contributed by atoms with van der Waals surface area (Å²) in [4.78, 5) is 27.9. The number of hydrogen-bond donors (Lipinski definition) is 1. The quantitative estimate of drug-likeness (QED) is 0.585. The maximum atomic E-state index is 13.5. The first-order valence-electron chi connectivity index (χ1n) is 11.6. The maximum absolute atomic E-state index is 13.5. The van der Waals surface area contributed by atoms with Crippen LogP contribution in [0.4, 0.5) is 13.2 Å². The molecule has 2 atom stereocenters. The largest absolute Gasteiger partial charge is 0.417 e. The second-order valence-electron chi connectivity index (χ2n) is 9.39. The minimum absolute atomic E-state index is 0.153. The van der Waals surface area contributed by atoms with E-state index in [-0.39, 0.29) is 23.7 Å². The number of nitrogens with zero attached hydrogens (tertiary/aromatic N) is 4. The molecule has 1 aromatic carbocycles. The molecule has 1 aliphatic rings. The number of alkyl halides is 3. The van der Waals surface area contributed by atoms with Gasteiger partial charge >= 0.3 is 6.18 Å². The van der Waals surface area contributed by atoms with Crippen LogP contribution in [0.3, 0.4) is 0 Å². The molecular weight excluding hydrogens is 459 g/mol. The van der Waals surface area contributed by atoms with E-state index in [2.05, 4.69) is 15.5 Å². The molecule has 35 heavy (non-hydrogen) atoms. The van der Waals surface area contributed by atoms with E-state index in [1.165, 1.54) is 10.5 Å². The number of amides is 2. The summed E-state index contributed by atoms with van der Waals surface area (Å²) in [6.45, 7) is 6.42. The molecular formula is C25H28F3N5O2. The lowest BCUT2D eigenvalue weighted by Crippen LogP contribution is -2.53. The van der Waals surface area contributed by atoms with Gasteiger partial charge in [0, 0.05) is 30.8 Å². The Balaban J connectivity index is 1.53. The van der Waals surface area contributed by atoms with Gasteiger partial charge in [0.25, 0.3) is 5.91 Å². The number of aryl methyl sites for hydroxylation is 1. The Hall–Kier alpha value is -3.43. The van der Waals surface area contributed by atoms with Crippen molar-refractivity contribution < 1.29 is 22.8 Å². The number of nitrogens with one attached hydrogen (secondary N) is 1. The van der Waals surface area contributed by atoms with Crippen LogP contribution >= 0.6 is 0 Å². The van der Waals surface area contributed by atoms with Gasteiger partial charge in [-0.05, 0) is 49.9 Å². The Morgan fingerprint density at radius 3 is 2.60 bits per heavy atom. The second kappa shape index (κ2) is 9.67. The topological polar surface area (TPSA) is 79.6 Å². The standard InChI is InChI=1S/C25H28F3N5O2/c1-15(2)21(29-23(34)17-7-4-6-16(3)12-17)24(35)32-11-5-8-18(13-32)22-31-30-20-10-9-19(14-33(20)22)25(26,27)28/h4,6-7,9-10,12,14-15,18,21H,5,8,11,13H2,1-3H3,(H,29,34). The van der Waals surface area contributed by atoms with Crippen LogP contribution in [0, 0.1) is 12.8 Å². The van der Waals surface area contributed by atoms with Crippen molar-refractivity contribution in [3.8, 4) is 0 Å². The van der Waals surface area contributed by atoms with Gasteiger partial charge in [-0.25, -0.2) is 0 Å². The lowest BCUT2D eigenvalue weighted by Gasteiger charge is -2.35. The number of piperidine rings is 1. The van der Waals surface area contributed by atoms with Crippen molar-refractivity contribution in [2.75, 3.05) is 13.1 Å². The molecule has 2 amide bonds. The zero-order valence-electron chi connectivity index (χ0n) is 19.8. The van der Waals surface area contributed by atoms with Gasteiger partial charge in [-0.2, -0.15) is 13.2 Å². The molecule has 1 N–H and O–H groups in total. The highest BCUT2D eigenvalue weighted by molar-refractivity contribution is 5.97. The van der Waals surface area contributed by atoms with Crippen LogP contribution in [0.15, 0.2) is 42.6 Å². The van der Waals surface area contributed by atoms with Gasteiger partial charge in [0.15, 0.2) is 5.65 Å². The van der Waals surface area contributed by atoms with Crippen molar-refractivity contribution in [1.82, 2.24) is 24.8 Å². The number of rotatable bonds is 5. The lowest BCUT2D eigenvalue weighted by molar-refractivity contribution is -0.138. The third kappa shape index (κ3) is 5.31. The van der Waals surface area contributed by atoms with Crippen molar-refractivity contribution in [1.29, 1.82) is 0 Å². The first-order valence-corrected chi connectivity index (χ1v) is 11.6. The molecule has 2 unspecified atom stereocenters. The van der Waals surface area contributed by atoms with Crippen molar-refractivity contribution in [2.45, 2.75) is 51.7 Å². The van der Waals surface area contributed by atoms with Crippen LogP contribution in [0.2, 0.25) is 0 Å². The molecule has 0 aliphatic carbocycles. The summed E-state index contributed by atoms with van der Waals surface area (Å²) in [6, 6.07) is 8.69. The van der Waals surface area contributed by atoms with Crippen LogP contribution in [-0.2, 0) is 11.0 Å². The van der Waals surface area contributed by atoms with E-state index in [1.807, 2.05) is 26.8 Å². The van der Waals surface area contributed by atoms with Crippen molar-refractivity contribution in [2.24, 2.45) is 5.92 Å². The van der Waals surface area contributed by atoms with Gasteiger partial charge in [0.2, 0.25) is 5.91 Å². The Bertz CT molecular complexity index is 1240. The molecule has 0 spiro atoms. The molecule has 4 rings (SSSR count). The zero-order chi connectivity index (χ0) is 25.3. The molecule has 3 heterocycles. The summed E-state index contributed by atoms with van der Waals surface area (Å²) in [7, 11) is 0. The van der Waals surface area contributed by atoms with Crippen LogP contribution in [0.5, 0.6) is 0 Å². The average Bonchev–Trinajstić information content (AvgIpc) is 3.25. The predicted molar refractivity (Wildman–Crippen MR) is 124 cm³/mol. The number of pyridine rings is 1. The molecule has 1 saturated heterocycles. The van der Waals surface area contributed by atoms with E-state index in [4.69, 9.17) is 0 Å². The minimum Gasteiger partial charge on any atom is -0.340 e. The number of benzene rings is 1. The second-order valence-corrected chi connectivity index (χ2v) is 9.39. The third-order valence-corrected chi connectivity index (χ3v) is 6.35. The van der Waals surface area contributed by atoms with E-state index in [0.717, 1.165) is 17.8 Å². The number of carbonyl (C=O) groups excluding carboxylic acids is 2. The Labute approximate surface area is 201 Å². The summed E-state index contributed by atoms with van der Waals surface area (Å²) >= 11 is 0. The smallest absolute Gasteiger partial charge is 0.340 e. The number of carbonyl (C=O) groups is 2. The van der Waals surface area contributed by atoms with E-state index in [0.29, 0.717) is 43.0 Å². The third-order valence-electron chi connectivity index (χ3n) is 6.35. The molecule has 1 aliphatic heterocycles. The fraction of sp³-hybridized carbons (Fsp3) is 0.440. The predicted octanol–water partition coefficient (Wildman–Crippen LogP) is 4.22. The monoisotopic (exact) mass is 487 g/mol. The number of hydrogen-bond acceptors (Lipinski definition) is 4. The number of likely N-dealkylation sites (tertiary alicyclic amines) is 1. The zero-order valence-corrected chi connectivity index (χ0v) is 19.8. The van der Waals surface area contributed by atoms with Crippen molar-refractivity contribution >= 4 is 17.5 Å². The fourth-order valence-corrected chi connectivity index (χ4v) is 4.46. The maximum Gasteiger partial charge on any atom is 0.417 e. The van der Waals surface area contributed by atoms with Crippen molar-refractivity contribution in [3.05, 3.63) is 65.1 Å². The van der Waals surface area contributed by atoms with Crippen LogP contribution in [0.1, 0.15) is 59.9 Å². The highest BCUT2D eigenvalue weighted by atomic mass is 19.4. The summed E-state index contributed by atoms with van der Waals surface area (Å²) in [5, 5.41) is 11.0. The molecule has 186 valence electrons. The van der Waals surface area contributed by atoms with E-state index in [1.54, 1.807) is 23.1 Å². The van der Waals surface area contributed by atoms with Gasteiger partial charge < -0.3 is 10.2 Å². The summed E-state index contributed by atoms with van der Waals surface area (Å²) in [6.07, 6.45) is -2.14. The van der Waals surface area contributed by atoms with Gasteiger partial charge in [0.05, 0.1) is 5.56 Å². The molecule has 1 fully saturated rings. The number of fused-ring (bicyclic) bond motifs is 1. The molecule has 0 bridgehead atoms. The first-order chi connectivity index (χ1) is 16.5. The molecule has 0 radical (unpaired) electrons. The summed E-state index contributed by atoms with van der Waals surface area (Å²) in [5.41, 5.74) is 0.962. The van der Waals surface area contributed by atoms with Gasteiger partial charge in [-0.3, -0.25) is 14.0 Å². The molecule has 10 heteroatoms. The highest BCUT2D eigenvalue weighted by Crippen LogP contribution is 2.31. The number of aromatic nitrogens is 3. The molecule has 7 nitrogen and oxygen atoms in total. The van der Waals surface area contributed by atoms with Gasteiger partial charge in [-0.15, -0.1) is 10.2 Å². The van der Waals surface area contributed by atoms with Crippen molar-refractivity contribution in [3.63, 3.8) is 0 Å².